The molecule has 0 saturated heterocycles. The van der Waals surface area contributed by atoms with Gasteiger partial charge in [-0.1, -0.05) is 18.0 Å². The summed E-state index contributed by atoms with van der Waals surface area (Å²) in [5, 5.41) is 17.8. The number of hydrogen-bond acceptors (Lipinski definition) is 7. The molecule has 2 N–H and O–H groups in total. The topological polar surface area (TPSA) is 128 Å². The number of rotatable bonds is 4. The van der Waals surface area contributed by atoms with Crippen LogP contribution in [0, 0.1) is 0 Å². The molecule has 1 aliphatic heterocycles. The van der Waals surface area contributed by atoms with Crippen LogP contribution in [0.1, 0.15) is 43.0 Å². The Labute approximate surface area is 217 Å². The third-order valence-electron chi connectivity index (χ3n) is 6.01. The largest absolute Gasteiger partial charge is 0.344 e. The first-order valence-electron chi connectivity index (χ1n) is 11.8. The zero-order valence-corrected chi connectivity index (χ0v) is 20.5. The Balaban J connectivity index is 1.41. The molecule has 4 heterocycles. The third-order valence-corrected chi connectivity index (χ3v) is 6.24. The number of nitrogens with zero attached hydrogens (tertiary/aromatic N) is 6. The Hall–Kier alpha value is -4.44. The lowest BCUT2D eigenvalue weighted by molar-refractivity contribution is -0.118. The van der Waals surface area contributed by atoms with Gasteiger partial charge in [0.25, 0.3) is 0 Å². The second-order valence-corrected chi connectivity index (χ2v) is 8.97. The molecule has 4 aromatic rings. The normalized spacial score (nSPS) is 15.8. The molecule has 37 heavy (non-hydrogen) atoms. The molecule has 0 fully saturated rings. The first kappa shape index (κ1) is 24.3. The van der Waals surface area contributed by atoms with Crippen molar-refractivity contribution in [3.05, 3.63) is 83.7 Å². The van der Waals surface area contributed by atoms with E-state index in [1.54, 1.807) is 42.9 Å². The Morgan fingerprint density at radius 1 is 1.16 bits per heavy atom. The number of halogens is 1. The highest BCUT2D eigenvalue weighted by Gasteiger charge is 2.18. The monoisotopic (exact) mass is 514 g/mol. The highest BCUT2D eigenvalue weighted by Crippen LogP contribution is 2.30. The quantitative estimate of drug-likeness (QED) is 0.391. The van der Waals surface area contributed by atoms with E-state index in [4.69, 9.17) is 11.6 Å². The van der Waals surface area contributed by atoms with Crippen molar-refractivity contribution in [3.8, 4) is 16.8 Å². The summed E-state index contributed by atoms with van der Waals surface area (Å²) in [4.78, 5) is 34.2. The van der Waals surface area contributed by atoms with Crippen LogP contribution in [0.4, 0.5) is 5.69 Å². The molecular formula is C26H23ClN8O2. The molecule has 186 valence electrons. The molecule has 3 aromatic heterocycles. The van der Waals surface area contributed by atoms with Crippen molar-refractivity contribution < 1.29 is 9.59 Å². The number of anilines is 1. The maximum Gasteiger partial charge on any atom is 0.244 e. The zero-order valence-electron chi connectivity index (χ0n) is 19.7. The molecule has 1 unspecified atom stereocenters. The predicted octanol–water partition coefficient (Wildman–Crippen LogP) is 4.16. The molecule has 1 aromatic carbocycles. The average Bonchev–Trinajstić information content (AvgIpc) is 3.44. The third kappa shape index (κ3) is 5.87. The number of amides is 2. The van der Waals surface area contributed by atoms with Gasteiger partial charge in [-0.05, 0) is 71.3 Å². The van der Waals surface area contributed by atoms with Crippen LogP contribution in [0.25, 0.3) is 22.9 Å². The van der Waals surface area contributed by atoms with Crippen molar-refractivity contribution in [1.82, 2.24) is 35.5 Å². The fourth-order valence-corrected chi connectivity index (χ4v) is 4.40. The molecule has 11 heteroatoms. The summed E-state index contributed by atoms with van der Waals surface area (Å²) >= 11 is 6.18. The molecule has 5 rings (SSSR count). The van der Waals surface area contributed by atoms with Gasteiger partial charge in [-0.15, -0.1) is 5.10 Å². The number of nitrogens with one attached hydrogen (secondary N) is 2. The maximum absolute atomic E-state index is 13.0. The van der Waals surface area contributed by atoms with Crippen LogP contribution in [-0.2, 0) is 9.59 Å². The first-order valence-corrected chi connectivity index (χ1v) is 12.2. The van der Waals surface area contributed by atoms with Crippen LogP contribution in [0.5, 0.6) is 0 Å². The van der Waals surface area contributed by atoms with Gasteiger partial charge in [0.05, 0.1) is 29.3 Å². The molecule has 2 bridgehead atoms. The van der Waals surface area contributed by atoms with Crippen LogP contribution in [-0.4, -0.2) is 42.0 Å². The Morgan fingerprint density at radius 3 is 2.95 bits per heavy atom. The minimum absolute atomic E-state index is 0.0625. The van der Waals surface area contributed by atoms with Gasteiger partial charge in [0, 0.05) is 41.0 Å². The van der Waals surface area contributed by atoms with Crippen molar-refractivity contribution in [2.75, 3.05) is 5.32 Å². The maximum atomic E-state index is 13.0. The Morgan fingerprint density at radius 2 is 2.08 bits per heavy atom. The van der Waals surface area contributed by atoms with Crippen LogP contribution in [0.2, 0.25) is 5.02 Å². The molecule has 0 saturated carbocycles. The molecular weight excluding hydrogens is 492 g/mol. The highest BCUT2D eigenvalue weighted by atomic mass is 35.5. The highest BCUT2D eigenvalue weighted by molar-refractivity contribution is 6.30. The molecule has 1 aliphatic rings. The summed E-state index contributed by atoms with van der Waals surface area (Å²) in [6.07, 6.45) is 12.1. The van der Waals surface area contributed by atoms with E-state index in [0.717, 1.165) is 23.2 Å². The fraction of sp³-hybridized carbons (Fsp3) is 0.192. The lowest BCUT2D eigenvalue weighted by Gasteiger charge is -2.20. The average molecular weight is 515 g/mol. The van der Waals surface area contributed by atoms with Gasteiger partial charge in [0.15, 0.2) is 0 Å². The number of benzene rings is 1. The molecule has 0 aliphatic carbocycles. The minimum atomic E-state index is -0.330. The van der Waals surface area contributed by atoms with Crippen molar-refractivity contribution in [3.63, 3.8) is 0 Å². The lowest BCUT2D eigenvalue weighted by Crippen LogP contribution is -2.27. The second kappa shape index (κ2) is 11.1. The number of carbonyl (C=O) groups excluding carboxylic acids is 2. The standard InChI is InChI=1S/C26H23ClN8O2/c27-19-6-7-24(35-16-30-33-34-35)18(13-19)5-8-26(37)31-21-3-1-2-4-25(36)32-23-15-28-11-10-20(23)17-9-12-29-22(21)14-17/h5-16,21H,1-4H2,(H,31,37)(H,32,36). The van der Waals surface area contributed by atoms with Gasteiger partial charge in [0.2, 0.25) is 11.8 Å². The summed E-state index contributed by atoms with van der Waals surface area (Å²) in [7, 11) is 0. The number of tetrazole rings is 1. The van der Waals surface area contributed by atoms with Gasteiger partial charge in [-0.25, -0.2) is 0 Å². The first-order chi connectivity index (χ1) is 18.1. The number of pyridine rings is 2. The number of carbonyl (C=O) groups is 2. The summed E-state index contributed by atoms with van der Waals surface area (Å²) < 4.78 is 1.50. The molecule has 0 spiro atoms. The van der Waals surface area contributed by atoms with E-state index in [9.17, 15) is 9.59 Å². The van der Waals surface area contributed by atoms with Gasteiger partial charge in [-0.3, -0.25) is 19.6 Å². The van der Waals surface area contributed by atoms with Crippen molar-refractivity contribution >= 4 is 35.2 Å². The predicted molar refractivity (Wildman–Crippen MR) is 139 cm³/mol. The van der Waals surface area contributed by atoms with Crippen LogP contribution < -0.4 is 10.6 Å². The second-order valence-electron chi connectivity index (χ2n) is 8.54. The summed E-state index contributed by atoms with van der Waals surface area (Å²) in [5.41, 5.74) is 4.48. The van der Waals surface area contributed by atoms with E-state index in [2.05, 4.69) is 36.1 Å². The van der Waals surface area contributed by atoms with E-state index in [1.165, 1.54) is 17.1 Å². The van der Waals surface area contributed by atoms with E-state index in [1.807, 2.05) is 18.2 Å². The van der Waals surface area contributed by atoms with Gasteiger partial charge >= 0.3 is 0 Å². The number of aromatic nitrogens is 6. The minimum Gasteiger partial charge on any atom is -0.344 e. The molecule has 1 atom stereocenters. The summed E-state index contributed by atoms with van der Waals surface area (Å²) in [5.74, 6) is -0.346. The molecule has 2 amide bonds. The van der Waals surface area contributed by atoms with Crippen molar-refractivity contribution in [1.29, 1.82) is 0 Å². The van der Waals surface area contributed by atoms with Gasteiger partial charge < -0.3 is 10.6 Å². The van der Waals surface area contributed by atoms with Crippen LogP contribution in [0.15, 0.2) is 67.4 Å². The molecule has 10 nitrogen and oxygen atoms in total. The SMILES string of the molecule is O=C(C=Cc1cc(Cl)ccc1-n1cnnn1)NC1CCCCC(=O)Nc2cnccc2-c2ccnc1c2. The van der Waals surface area contributed by atoms with Crippen molar-refractivity contribution in [2.24, 2.45) is 0 Å². The lowest BCUT2D eigenvalue weighted by atomic mass is 9.99. The smallest absolute Gasteiger partial charge is 0.244 e. The van der Waals surface area contributed by atoms with Gasteiger partial charge in [-0.2, -0.15) is 4.68 Å². The van der Waals surface area contributed by atoms with E-state index < -0.39 is 0 Å². The van der Waals surface area contributed by atoms with Gasteiger partial charge in [0.1, 0.15) is 6.33 Å². The summed E-state index contributed by atoms with van der Waals surface area (Å²) in [6.45, 7) is 0. The Kier molecular flexibility index (Phi) is 7.27. The van der Waals surface area contributed by atoms with E-state index in [0.29, 0.717) is 41.2 Å². The summed E-state index contributed by atoms with van der Waals surface area (Å²) in [6, 6.07) is 10.6. The number of fused-ring (bicyclic) bond motifs is 4. The zero-order chi connectivity index (χ0) is 25.6. The van der Waals surface area contributed by atoms with Crippen LogP contribution >= 0.6 is 11.6 Å². The van der Waals surface area contributed by atoms with Crippen LogP contribution in [0.3, 0.4) is 0 Å². The fourth-order valence-electron chi connectivity index (χ4n) is 4.22. The number of hydrogen-bond donors (Lipinski definition) is 2. The Bertz CT molecular complexity index is 1450. The van der Waals surface area contributed by atoms with Crippen molar-refractivity contribution in [2.45, 2.75) is 31.7 Å². The van der Waals surface area contributed by atoms with E-state index in [-0.39, 0.29) is 17.9 Å². The molecule has 0 radical (unpaired) electrons. The van der Waals surface area contributed by atoms with E-state index >= 15 is 0 Å².